The van der Waals surface area contributed by atoms with E-state index >= 15 is 0 Å². The molecule has 7 nitrogen and oxygen atoms in total. The van der Waals surface area contributed by atoms with Gasteiger partial charge in [0.2, 0.25) is 0 Å². The highest BCUT2D eigenvalue weighted by Crippen LogP contribution is 2.34. The second kappa shape index (κ2) is 9.40. The molecule has 9 heteroatoms. The zero-order chi connectivity index (χ0) is 23.5. The first-order chi connectivity index (χ1) is 15.9. The Labute approximate surface area is 197 Å². The summed E-state index contributed by atoms with van der Waals surface area (Å²) in [6.45, 7) is 5.58. The molecule has 4 rings (SSSR count). The van der Waals surface area contributed by atoms with Gasteiger partial charge >= 0.3 is 5.97 Å². The number of benzene rings is 1. The molecular formula is C24H19N3O4S2. The lowest BCUT2D eigenvalue weighted by atomic mass is 10.1. The quantitative estimate of drug-likeness (QED) is 0.209. The van der Waals surface area contributed by atoms with Crippen LogP contribution in [0.2, 0.25) is 0 Å². The number of furan rings is 1. The summed E-state index contributed by atoms with van der Waals surface area (Å²) in [7, 11) is 0. The minimum Gasteiger partial charge on any atom is -0.462 e. The summed E-state index contributed by atoms with van der Waals surface area (Å²) in [5.41, 5.74) is 1.77. The van der Waals surface area contributed by atoms with Gasteiger partial charge in [-0.25, -0.2) is 9.78 Å². The Hall–Kier alpha value is -3.74. The van der Waals surface area contributed by atoms with Crippen molar-refractivity contribution in [1.82, 2.24) is 4.98 Å². The molecule has 0 saturated carbocycles. The zero-order valence-electron chi connectivity index (χ0n) is 18.1. The van der Waals surface area contributed by atoms with E-state index in [0.717, 1.165) is 20.7 Å². The van der Waals surface area contributed by atoms with Crippen LogP contribution in [-0.4, -0.2) is 23.5 Å². The van der Waals surface area contributed by atoms with Gasteiger partial charge in [0.1, 0.15) is 22.4 Å². The predicted molar refractivity (Wildman–Crippen MR) is 129 cm³/mol. The van der Waals surface area contributed by atoms with Gasteiger partial charge in [0.25, 0.3) is 5.91 Å². The van der Waals surface area contributed by atoms with E-state index in [1.165, 1.54) is 28.7 Å². The normalized spacial score (nSPS) is 11.4. The van der Waals surface area contributed by atoms with Crippen LogP contribution in [0.5, 0.6) is 0 Å². The molecule has 0 saturated heterocycles. The van der Waals surface area contributed by atoms with Gasteiger partial charge in [-0.2, -0.15) is 5.26 Å². The van der Waals surface area contributed by atoms with Crippen LogP contribution in [-0.2, 0) is 9.53 Å². The molecule has 3 aromatic heterocycles. The van der Waals surface area contributed by atoms with Gasteiger partial charge in [0.15, 0.2) is 10.8 Å². The van der Waals surface area contributed by atoms with Crippen LogP contribution in [0, 0.1) is 25.2 Å². The number of nitrogens with zero attached hydrogens (tertiary/aromatic N) is 2. The average molecular weight is 478 g/mol. The van der Waals surface area contributed by atoms with E-state index in [-0.39, 0.29) is 12.2 Å². The largest absolute Gasteiger partial charge is 0.462 e. The highest BCUT2D eigenvalue weighted by Gasteiger charge is 2.23. The van der Waals surface area contributed by atoms with E-state index in [1.807, 2.05) is 37.3 Å². The molecule has 0 unspecified atom stereocenters. The summed E-state index contributed by atoms with van der Waals surface area (Å²) in [6, 6.07) is 13.1. The van der Waals surface area contributed by atoms with Gasteiger partial charge < -0.3 is 14.5 Å². The van der Waals surface area contributed by atoms with Crippen LogP contribution in [0.25, 0.3) is 27.1 Å². The zero-order valence-corrected chi connectivity index (χ0v) is 19.7. The molecule has 3 heterocycles. The van der Waals surface area contributed by atoms with Crippen LogP contribution in [0.4, 0.5) is 5.00 Å². The average Bonchev–Trinajstić information content (AvgIpc) is 3.49. The fourth-order valence-electron chi connectivity index (χ4n) is 3.15. The molecule has 1 amide bonds. The number of fused-ring (bicyclic) bond motifs is 1. The number of carbonyl (C=O) groups is 2. The number of anilines is 1. The lowest BCUT2D eigenvalue weighted by Crippen LogP contribution is -2.16. The number of hydrogen-bond acceptors (Lipinski definition) is 8. The van der Waals surface area contributed by atoms with Gasteiger partial charge in [0, 0.05) is 11.0 Å². The topological polar surface area (TPSA) is 105 Å². The third-order valence-corrected chi connectivity index (χ3v) is 7.05. The van der Waals surface area contributed by atoms with Gasteiger partial charge in [-0.3, -0.25) is 4.79 Å². The van der Waals surface area contributed by atoms with Crippen molar-refractivity contribution in [2.45, 2.75) is 20.8 Å². The molecule has 33 heavy (non-hydrogen) atoms. The molecule has 0 bridgehead atoms. The molecular weight excluding hydrogens is 458 g/mol. The van der Waals surface area contributed by atoms with Crippen LogP contribution in [0.1, 0.15) is 33.5 Å². The lowest BCUT2D eigenvalue weighted by molar-refractivity contribution is -0.112. The number of carbonyl (C=O) groups excluding carboxylic acids is 2. The molecule has 1 N–H and O–H groups in total. The SMILES string of the molecule is CCOC(=O)c1c(NC(=O)/C(C#N)=C/c2ccc(-c3nc4ccccc4s3)o2)sc(C)c1C. The maximum atomic E-state index is 12.8. The summed E-state index contributed by atoms with van der Waals surface area (Å²) < 4.78 is 12.0. The number of thiazole rings is 1. The number of amides is 1. The number of nitriles is 1. The molecule has 1 aromatic carbocycles. The van der Waals surface area contributed by atoms with E-state index in [1.54, 1.807) is 26.0 Å². The molecule has 0 radical (unpaired) electrons. The monoisotopic (exact) mass is 477 g/mol. The van der Waals surface area contributed by atoms with Crippen molar-refractivity contribution < 1.29 is 18.7 Å². The van der Waals surface area contributed by atoms with Gasteiger partial charge in [-0.15, -0.1) is 22.7 Å². The van der Waals surface area contributed by atoms with Crippen molar-refractivity contribution in [3.8, 4) is 16.8 Å². The Bertz CT molecular complexity index is 1400. The summed E-state index contributed by atoms with van der Waals surface area (Å²) >= 11 is 2.76. The Balaban J connectivity index is 1.58. The van der Waals surface area contributed by atoms with Crippen molar-refractivity contribution in [3.05, 3.63) is 63.7 Å². The Morgan fingerprint density at radius 1 is 1.21 bits per heavy atom. The molecule has 166 valence electrons. The Morgan fingerprint density at radius 3 is 2.73 bits per heavy atom. The summed E-state index contributed by atoms with van der Waals surface area (Å²) in [4.78, 5) is 30.6. The van der Waals surface area contributed by atoms with Crippen LogP contribution >= 0.6 is 22.7 Å². The highest BCUT2D eigenvalue weighted by molar-refractivity contribution is 7.21. The molecule has 0 atom stereocenters. The molecule has 0 aliphatic heterocycles. The number of aromatic nitrogens is 1. The van der Waals surface area contributed by atoms with E-state index in [2.05, 4.69) is 10.3 Å². The number of esters is 1. The lowest BCUT2D eigenvalue weighted by Gasteiger charge is -2.06. The number of nitrogens with one attached hydrogen (secondary N) is 1. The van der Waals surface area contributed by atoms with E-state index < -0.39 is 11.9 Å². The van der Waals surface area contributed by atoms with Crippen LogP contribution in [0.15, 0.2) is 46.4 Å². The number of para-hydroxylation sites is 1. The second-order valence-corrected chi connectivity index (χ2v) is 9.28. The molecule has 4 aromatic rings. The second-order valence-electron chi connectivity index (χ2n) is 7.02. The molecule has 0 aliphatic carbocycles. The standard InChI is InChI=1S/C24H19N3O4S2/c1-4-30-24(29)20-13(2)14(3)32-23(20)27-21(28)15(12-25)11-16-9-10-18(31-16)22-26-17-7-5-6-8-19(17)33-22/h5-11H,4H2,1-3H3,(H,27,28)/b15-11+. The maximum absolute atomic E-state index is 12.8. The van der Waals surface area contributed by atoms with Crippen LogP contribution in [0.3, 0.4) is 0 Å². The summed E-state index contributed by atoms with van der Waals surface area (Å²) in [5, 5.41) is 13.3. The first-order valence-electron chi connectivity index (χ1n) is 10.1. The summed E-state index contributed by atoms with van der Waals surface area (Å²) in [6.07, 6.45) is 1.36. The van der Waals surface area contributed by atoms with E-state index in [0.29, 0.717) is 27.1 Å². The smallest absolute Gasteiger partial charge is 0.341 e. The van der Waals surface area contributed by atoms with Crippen LogP contribution < -0.4 is 5.32 Å². The maximum Gasteiger partial charge on any atom is 0.341 e. The molecule has 0 aliphatic rings. The Morgan fingerprint density at radius 2 is 2.00 bits per heavy atom. The molecule has 0 fully saturated rings. The van der Waals surface area contributed by atoms with Crippen molar-refractivity contribution in [2.75, 3.05) is 11.9 Å². The third kappa shape index (κ3) is 4.58. The minimum absolute atomic E-state index is 0.154. The number of hydrogen-bond donors (Lipinski definition) is 1. The van der Waals surface area contributed by atoms with E-state index in [4.69, 9.17) is 9.15 Å². The van der Waals surface area contributed by atoms with Crippen molar-refractivity contribution >= 4 is 55.8 Å². The highest BCUT2D eigenvalue weighted by atomic mass is 32.1. The van der Waals surface area contributed by atoms with E-state index in [9.17, 15) is 14.9 Å². The van der Waals surface area contributed by atoms with Gasteiger partial charge in [0.05, 0.1) is 22.4 Å². The van der Waals surface area contributed by atoms with Crippen molar-refractivity contribution in [1.29, 1.82) is 5.26 Å². The van der Waals surface area contributed by atoms with Crippen molar-refractivity contribution in [2.24, 2.45) is 0 Å². The Kier molecular flexibility index (Phi) is 6.40. The minimum atomic E-state index is -0.637. The number of ether oxygens (including phenoxy) is 1. The fraction of sp³-hybridized carbons (Fsp3) is 0.167. The number of rotatable bonds is 6. The molecule has 0 spiro atoms. The number of aryl methyl sites for hydroxylation is 1. The summed E-state index contributed by atoms with van der Waals surface area (Å²) in [5.74, 6) is -0.250. The van der Waals surface area contributed by atoms with Gasteiger partial charge in [-0.1, -0.05) is 12.1 Å². The number of thiophene rings is 1. The third-order valence-electron chi connectivity index (χ3n) is 4.88. The van der Waals surface area contributed by atoms with Crippen molar-refractivity contribution in [3.63, 3.8) is 0 Å². The van der Waals surface area contributed by atoms with Gasteiger partial charge in [-0.05, 0) is 50.6 Å². The first-order valence-corrected chi connectivity index (χ1v) is 11.7. The fourth-order valence-corrected chi connectivity index (χ4v) is 5.12. The first kappa shape index (κ1) is 22.5. The predicted octanol–water partition coefficient (Wildman–Crippen LogP) is 5.96.